The van der Waals surface area contributed by atoms with Crippen molar-refractivity contribution in [3.05, 3.63) is 64.5 Å². The van der Waals surface area contributed by atoms with Crippen LogP contribution in [0.2, 0.25) is 5.02 Å². The molecule has 29 heavy (non-hydrogen) atoms. The van der Waals surface area contributed by atoms with E-state index in [1.54, 1.807) is 24.3 Å². The number of aromatic hydroxyl groups is 1. The molecule has 0 unspecified atom stereocenters. The highest BCUT2D eigenvalue weighted by molar-refractivity contribution is 7.14. The van der Waals surface area contributed by atoms with Crippen LogP contribution in [-0.4, -0.2) is 32.8 Å². The van der Waals surface area contributed by atoms with Crippen LogP contribution in [0.5, 0.6) is 5.75 Å². The number of hydrogen-bond acceptors (Lipinski definition) is 6. The van der Waals surface area contributed by atoms with Crippen LogP contribution < -0.4 is 5.01 Å². The summed E-state index contributed by atoms with van der Waals surface area (Å²) >= 11 is 6.75. The first-order valence-electron chi connectivity index (χ1n) is 8.35. The first kappa shape index (κ1) is 19.7. The van der Waals surface area contributed by atoms with Gasteiger partial charge in [0, 0.05) is 16.0 Å². The van der Waals surface area contributed by atoms with Crippen molar-refractivity contribution in [2.24, 2.45) is 5.10 Å². The topological polar surface area (TPSA) is 69.0 Å². The molecule has 4 rings (SSSR count). The van der Waals surface area contributed by atoms with Gasteiger partial charge in [0.15, 0.2) is 0 Å². The van der Waals surface area contributed by atoms with Crippen molar-refractivity contribution >= 4 is 33.8 Å². The Morgan fingerprint density at radius 3 is 2.48 bits per heavy atom. The number of anilines is 1. The number of phenolic OH excluding ortho intramolecular Hbond substituents is 1. The second-order valence-electron chi connectivity index (χ2n) is 6.42. The lowest BCUT2D eigenvalue weighted by atomic mass is 10.0. The maximum Gasteiger partial charge on any atom is 0.438 e. The fraction of sp³-hybridized carbons (Fsp3) is 0.158. The van der Waals surface area contributed by atoms with Gasteiger partial charge in [-0.15, -0.1) is 11.3 Å². The Labute approximate surface area is 172 Å². The largest absolute Gasteiger partial charge is 0.508 e. The van der Waals surface area contributed by atoms with Gasteiger partial charge in [-0.3, -0.25) is 0 Å². The van der Waals surface area contributed by atoms with E-state index >= 15 is 0 Å². The van der Waals surface area contributed by atoms with E-state index in [0.29, 0.717) is 26.9 Å². The third kappa shape index (κ3) is 3.57. The number of halogens is 4. The van der Waals surface area contributed by atoms with E-state index in [0.717, 1.165) is 11.3 Å². The normalized spacial score (nSPS) is 19.5. The average Bonchev–Trinajstić information content (AvgIpc) is 3.27. The number of aliphatic hydroxyl groups is 1. The molecule has 0 spiro atoms. The number of benzene rings is 2. The van der Waals surface area contributed by atoms with E-state index in [9.17, 15) is 23.4 Å². The smallest absolute Gasteiger partial charge is 0.438 e. The van der Waals surface area contributed by atoms with E-state index in [-0.39, 0.29) is 16.6 Å². The van der Waals surface area contributed by atoms with E-state index in [1.165, 1.54) is 29.6 Å². The molecule has 2 N–H and O–H groups in total. The SMILES string of the molecule is Oc1cccc(-c2csc(N3N=C(c4ccc(Cl)cc4)C[C@@]3(O)C(F)(F)F)n2)c1. The summed E-state index contributed by atoms with van der Waals surface area (Å²) < 4.78 is 41.3. The van der Waals surface area contributed by atoms with Crippen LogP contribution in [0.25, 0.3) is 11.3 Å². The molecule has 0 bridgehead atoms. The van der Waals surface area contributed by atoms with Crippen LogP contribution >= 0.6 is 22.9 Å². The number of thiazole rings is 1. The number of rotatable bonds is 3. The predicted molar refractivity (Wildman–Crippen MR) is 105 cm³/mol. The minimum Gasteiger partial charge on any atom is -0.508 e. The van der Waals surface area contributed by atoms with Crippen molar-refractivity contribution in [2.45, 2.75) is 18.3 Å². The number of aromatic nitrogens is 1. The van der Waals surface area contributed by atoms with Crippen molar-refractivity contribution < 1.29 is 23.4 Å². The quantitative estimate of drug-likeness (QED) is 0.600. The van der Waals surface area contributed by atoms with Crippen LogP contribution in [0, 0.1) is 0 Å². The van der Waals surface area contributed by atoms with Crippen molar-refractivity contribution in [1.29, 1.82) is 0 Å². The molecule has 0 fully saturated rings. The van der Waals surface area contributed by atoms with E-state index in [4.69, 9.17) is 11.6 Å². The van der Waals surface area contributed by atoms with Crippen molar-refractivity contribution in [1.82, 2.24) is 4.98 Å². The average molecular weight is 440 g/mol. The lowest BCUT2D eigenvalue weighted by Crippen LogP contribution is -2.55. The monoisotopic (exact) mass is 439 g/mol. The van der Waals surface area contributed by atoms with E-state index in [2.05, 4.69) is 10.1 Å². The maximum atomic E-state index is 13.8. The Bertz CT molecular complexity index is 1080. The molecule has 10 heteroatoms. The molecule has 1 aliphatic heterocycles. The number of phenols is 1. The van der Waals surface area contributed by atoms with Crippen molar-refractivity contribution in [2.75, 3.05) is 5.01 Å². The van der Waals surface area contributed by atoms with E-state index in [1.807, 2.05) is 0 Å². The molecule has 2 heterocycles. The van der Waals surface area contributed by atoms with Crippen molar-refractivity contribution in [3.63, 3.8) is 0 Å². The molecule has 1 atom stereocenters. The van der Waals surface area contributed by atoms with Crippen molar-refractivity contribution in [3.8, 4) is 17.0 Å². The Balaban J connectivity index is 1.75. The Hall–Kier alpha value is -2.62. The summed E-state index contributed by atoms with van der Waals surface area (Å²) in [7, 11) is 0. The van der Waals surface area contributed by atoms with Crippen LogP contribution in [0.1, 0.15) is 12.0 Å². The van der Waals surface area contributed by atoms with Crippen LogP contribution in [0.4, 0.5) is 18.3 Å². The lowest BCUT2D eigenvalue weighted by molar-refractivity contribution is -0.254. The molecule has 0 radical (unpaired) electrons. The zero-order valence-corrected chi connectivity index (χ0v) is 16.1. The molecule has 0 saturated heterocycles. The standard InChI is InChI=1S/C19H13ClF3N3O2S/c20-13-6-4-11(5-7-13)15-9-18(28,19(21,22)23)26(25-15)17-24-16(10-29-17)12-2-1-3-14(27)8-12/h1-8,10,27-28H,9H2/t18-/m1/s1. The van der Waals surface area contributed by atoms with Crippen LogP contribution in [0.3, 0.4) is 0 Å². The third-order valence-electron chi connectivity index (χ3n) is 4.43. The number of hydrogen-bond donors (Lipinski definition) is 2. The Kier molecular flexibility index (Phi) is 4.76. The predicted octanol–water partition coefficient (Wildman–Crippen LogP) is 5.03. The summed E-state index contributed by atoms with van der Waals surface area (Å²) in [5.74, 6) is 0.00747. The van der Waals surface area contributed by atoms with Gasteiger partial charge in [-0.05, 0) is 29.8 Å². The fourth-order valence-corrected chi connectivity index (χ4v) is 3.90. The lowest BCUT2D eigenvalue weighted by Gasteiger charge is -2.32. The zero-order chi connectivity index (χ0) is 20.8. The maximum absolute atomic E-state index is 13.8. The van der Waals surface area contributed by atoms with Gasteiger partial charge >= 0.3 is 6.18 Å². The molecular weight excluding hydrogens is 427 g/mol. The molecule has 3 aromatic rings. The molecular formula is C19H13ClF3N3O2S. The summed E-state index contributed by atoms with van der Waals surface area (Å²) in [5.41, 5.74) is -1.85. The second-order valence-corrected chi connectivity index (χ2v) is 7.70. The number of hydrazone groups is 1. The molecule has 2 aromatic carbocycles. The zero-order valence-electron chi connectivity index (χ0n) is 14.6. The molecule has 5 nitrogen and oxygen atoms in total. The van der Waals surface area contributed by atoms with Gasteiger partial charge in [0.25, 0.3) is 5.72 Å². The summed E-state index contributed by atoms with van der Waals surface area (Å²) in [6.07, 6.45) is -5.72. The van der Waals surface area contributed by atoms with Gasteiger partial charge in [-0.1, -0.05) is 35.9 Å². The number of nitrogens with zero attached hydrogens (tertiary/aromatic N) is 3. The Morgan fingerprint density at radius 2 is 1.83 bits per heavy atom. The molecule has 150 valence electrons. The van der Waals surface area contributed by atoms with Gasteiger partial charge < -0.3 is 10.2 Å². The van der Waals surface area contributed by atoms with Gasteiger partial charge in [0.2, 0.25) is 5.13 Å². The minimum atomic E-state index is -4.97. The highest BCUT2D eigenvalue weighted by Crippen LogP contribution is 2.45. The van der Waals surface area contributed by atoms with Gasteiger partial charge in [-0.25, -0.2) is 4.98 Å². The molecule has 0 amide bonds. The highest BCUT2D eigenvalue weighted by Gasteiger charge is 2.62. The number of alkyl halides is 3. The second kappa shape index (κ2) is 7.01. The third-order valence-corrected chi connectivity index (χ3v) is 5.50. The molecule has 0 saturated carbocycles. The highest BCUT2D eigenvalue weighted by atomic mass is 35.5. The summed E-state index contributed by atoms with van der Waals surface area (Å²) in [6.45, 7) is 0. The molecule has 1 aliphatic rings. The molecule has 1 aromatic heterocycles. The summed E-state index contributed by atoms with van der Waals surface area (Å²) in [5, 5.41) is 26.5. The summed E-state index contributed by atoms with van der Waals surface area (Å²) in [6, 6.07) is 12.4. The Morgan fingerprint density at radius 1 is 1.10 bits per heavy atom. The minimum absolute atomic E-state index is 0.00747. The van der Waals surface area contributed by atoms with Gasteiger partial charge in [0.1, 0.15) is 5.75 Å². The summed E-state index contributed by atoms with van der Waals surface area (Å²) in [4.78, 5) is 4.20. The van der Waals surface area contributed by atoms with E-state index < -0.39 is 18.3 Å². The van der Waals surface area contributed by atoms with Gasteiger partial charge in [0.05, 0.1) is 17.8 Å². The molecule has 0 aliphatic carbocycles. The fourth-order valence-electron chi connectivity index (χ4n) is 2.93. The van der Waals surface area contributed by atoms with Crippen LogP contribution in [-0.2, 0) is 0 Å². The van der Waals surface area contributed by atoms with Crippen LogP contribution in [0.15, 0.2) is 59.0 Å². The first-order chi connectivity index (χ1) is 13.7. The van der Waals surface area contributed by atoms with Gasteiger partial charge in [-0.2, -0.15) is 23.3 Å². The first-order valence-corrected chi connectivity index (χ1v) is 9.61.